The summed E-state index contributed by atoms with van der Waals surface area (Å²) in [6.45, 7) is 5.49. The molecule has 2 aromatic carbocycles. The monoisotopic (exact) mass is 512 g/mol. The zero-order valence-corrected chi connectivity index (χ0v) is 21.1. The average Bonchev–Trinajstić information content (AvgIpc) is 2.86. The highest BCUT2D eigenvalue weighted by Crippen LogP contribution is 2.40. The van der Waals surface area contributed by atoms with E-state index in [0.29, 0.717) is 16.9 Å². The fraction of sp³-hybridized carbons (Fsp3) is 0.393. The van der Waals surface area contributed by atoms with Gasteiger partial charge in [-0.05, 0) is 56.9 Å². The lowest BCUT2D eigenvalue weighted by atomic mass is 9.82. The van der Waals surface area contributed by atoms with Crippen LogP contribution in [0.3, 0.4) is 0 Å². The third-order valence-electron chi connectivity index (χ3n) is 6.79. The highest BCUT2D eigenvalue weighted by Gasteiger charge is 2.43. The summed E-state index contributed by atoms with van der Waals surface area (Å²) in [6, 6.07) is 7.75. The smallest absolute Gasteiger partial charge is 0.239 e. The molecule has 5 atom stereocenters. The summed E-state index contributed by atoms with van der Waals surface area (Å²) in [6.07, 6.45) is -2.84. The summed E-state index contributed by atoms with van der Waals surface area (Å²) in [5.74, 6) is -0.811. The number of hydrogen-bond donors (Lipinski definition) is 5. The molecule has 1 aliphatic rings. The van der Waals surface area contributed by atoms with E-state index in [2.05, 4.69) is 0 Å². The van der Waals surface area contributed by atoms with E-state index in [1.54, 1.807) is 31.2 Å². The standard InChI is InChI=1S/C28H32O9/c1-13(2)5-10-17-18(29)12-19(30)21-24(33)28(36-20-11-14(3)22(31)25(34)23(20)32)26(37-27(17)21)15-6-8-16(35-4)9-7-15/h5-9,12,14,20,22-23,25,29-32,34H,10-11H2,1-4H3/t14-,20+,22-,23-,25+/m0/s1. The Morgan fingerprint density at radius 2 is 1.73 bits per heavy atom. The number of ether oxygens (including phenoxy) is 2. The van der Waals surface area contributed by atoms with Crippen LogP contribution >= 0.6 is 0 Å². The maximum atomic E-state index is 13.8. The van der Waals surface area contributed by atoms with Gasteiger partial charge in [-0.25, -0.2) is 0 Å². The van der Waals surface area contributed by atoms with Gasteiger partial charge in [0.25, 0.3) is 0 Å². The molecule has 1 aromatic heterocycles. The Bertz CT molecular complexity index is 1370. The van der Waals surface area contributed by atoms with Crippen molar-refractivity contribution in [2.75, 3.05) is 7.11 Å². The van der Waals surface area contributed by atoms with E-state index < -0.39 is 41.5 Å². The van der Waals surface area contributed by atoms with Gasteiger partial charge in [-0.1, -0.05) is 18.6 Å². The van der Waals surface area contributed by atoms with Gasteiger partial charge in [0.15, 0.2) is 5.76 Å². The molecule has 0 unspecified atom stereocenters. The number of methoxy groups -OCH3 is 1. The Kier molecular flexibility index (Phi) is 7.49. The quantitative estimate of drug-likeness (QED) is 0.314. The van der Waals surface area contributed by atoms with Crippen LogP contribution in [-0.2, 0) is 6.42 Å². The fourth-order valence-corrected chi connectivity index (χ4v) is 4.59. The molecule has 1 aliphatic carbocycles. The number of aromatic hydroxyl groups is 2. The molecule has 1 fully saturated rings. The molecule has 1 heterocycles. The molecule has 0 aliphatic heterocycles. The number of hydrogen-bond acceptors (Lipinski definition) is 9. The van der Waals surface area contributed by atoms with Gasteiger partial charge in [-0.3, -0.25) is 4.79 Å². The van der Waals surface area contributed by atoms with Gasteiger partial charge in [0.1, 0.15) is 46.5 Å². The van der Waals surface area contributed by atoms with Crippen molar-refractivity contribution in [2.45, 2.75) is 58.0 Å². The molecule has 37 heavy (non-hydrogen) atoms. The summed E-state index contributed by atoms with van der Waals surface area (Å²) in [5, 5.41) is 52.1. The SMILES string of the molecule is COc1ccc(-c2oc3c(CC=C(C)C)c(O)cc(O)c3c(=O)c2O[C@@H]2C[C@H](C)[C@H](O)[C@@H](O)[C@H]2O)cc1. The van der Waals surface area contributed by atoms with Crippen molar-refractivity contribution < 1.29 is 39.4 Å². The Morgan fingerprint density at radius 3 is 2.35 bits per heavy atom. The van der Waals surface area contributed by atoms with Gasteiger partial charge in [0.2, 0.25) is 11.2 Å². The molecular formula is C28H32O9. The highest BCUT2D eigenvalue weighted by atomic mass is 16.5. The minimum Gasteiger partial charge on any atom is -0.507 e. The Hall–Kier alpha value is -3.53. The predicted octanol–water partition coefficient (Wildman–Crippen LogP) is 3.26. The number of aliphatic hydroxyl groups excluding tert-OH is 3. The lowest BCUT2D eigenvalue weighted by molar-refractivity contribution is -0.147. The molecule has 0 radical (unpaired) electrons. The summed E-state index contributed by atoms with van der Waals surface area (Å²) >= 11 is 0. The van der Waals surface area contributed by atoms with E-state index >= 15 is 0 Å². The molecule has 1 saturated carbocycles. The predicted molar refractivity (Wildman–Crippen MR) is 137 cm³/mol. The van der Waals surface area contributed by atoms with Gasteiger partial charge in [0, 0.05) is 17.2 Å². The first kappa shape index (κ1) is 26.5. The van der Waals surface area contributed by atoms with Crippen LogP contribution in [0, 0.1) is 5.92 Å². The van der Waals surface area contributed by atoms with E-state index in [0.717, 1.165) is 11.6 Å². The minimum atomic E-state index is -1.47. The van der Waals surface area contributed by atoms with E-state index in [1.807, 2.05) is 19.9 Å². The van der Waals surface area contributed by atoms with Crippen LogP contribution in [0.15, 0.2) is 51.2 Å². The Balaban J connectivity index is 1.96. The minimum absolute atomic E-state index is 0.00573. The zero-order valence-electron chi connectivity index (χ0n) is 21.1. The third-order valence-corrected chi connectivity index (χ3v) is 6.79. The summed E-state index contributed by atoms with van der Waals surface area (Å²) < 4.78 is 17.4. The first-order valence-electron chi connectivity index (χ1n) is 12.1. The Labute approximate surface area is 213 Å². The number of phenols is 2. The van der Waals surface area contributed by atoms with Gasteiger partial charge in [-0.2, -0.15) is 0 Å². The van der Waals surface area contributed by atoms with Crippen LogP contribution < -0.4 is 14.9 Å². The number of fused-ring (bicyclic) bond motifs is 1. The molecule has 0 spiro atoms. The number of phenolic OH excluding ortho intramolecular Hbond substituents is 2. The molecule has 3 aromatic rings. The van der Waals surface area contributed by atoms with Gasteiger partial charge in [0.05, 0.1) is 13.2 Å². The molecular weight excluding hydrogens is 480 g/mol. The molecule has 0 bridgehead atoms. The van der Waals surface area contributed by atoms with E-state index in [4.69, 9.17) is 13.9 Å². The van der Waals surface area contributed by atoms with Crippen molar-refractivity contribution in [2.24, 2.45) is 5.92 Å². The van der Waals surface area contributed by atoms with Crippen molar-refractivity contribution in [1.29, 1.82) is 0 Å². The second kappa shape index (κ2) is 10.5. The number of benzene rings is 2. The average molecular weight is 513 g/mol. The maximum absolute atomic E-state index is 13.8. The van der Waals surface area contributed by atoms with Crippen LogP contribution in [0.25, 0.3) is 22.3 Å². The lowest BCUT2D eigenvalue weighted by Crippen LogP contribution is -2.54. The first-order chi connectivity index (χ1) is 17.5. The first-order valence-corrected chi connectivity index (χ1v) is 12.1. The Morgan fingerprint density at radius 1 is 1.05 bits per heavy atom. The van der Waals surface area contributed by atoms with Crippen molar-refractivity contribution in [3.05, 3.63) is 57.8 Å². The summed E-state index contributed by atoms with van der Waals surface area (Å²) in [4.78, 5) is 13.8. The van der Waals surface area contributed by atoms with Crippen LogP contribution in [0.1, 0.15) is 32.8 Å². The van der Waals surface area contributed by atoms with Crippen LogP contribution in [-0.4, -0.2) is 57.1 Å². The van der Waals surface area contributed by atoms with E-state index in [9.17, 15) is 30.3 Å². The lowest BCUT2D eigenvalue weighted by Gasteiger charge is -2.39. The van der Waals surface area contributed by atoms with Crippen molar-refractivity contribution in [3.63, 3.8) is 0 Å². The number of rotatable bonds is 6. The van der Waals surface area contributed by atoms with E-state index in [-0.39, 0.29) is 41.1 Å². The molecule has 9 heteroatoms. The van der Waals surface area contributed by atoms with Gasteiger partial charge in [-0.15, -0.1) is 0 Å². The van der Waals surface area contributed by atoms with Crippen molar-refractivity contribution in [3.8, 4) is 34.3 Å². The summed E-state index contributed by atoms with van der Waals surface area (Å²) in [7, 11) is 1.52. The molecule has 9 nitrogen and oxygen atoms in total. The zero-order chi connectivity index (χ0) is 27.0. The number of allylic oxidation sites excluding steroid dienone is 2. The van der Waals surface area contributed by atoms with Gasteiger partial charge < -0.3 is 39.4 Å². The second-order valence-electron chi connectivity index (χ2n) is 9.74. The summed E-state index contributed by atoms with van der Waals surface area (Å²) in [5.41, 5.74) is 1.05. The van der Waals surface area contributed by atoms with Gasteiger partial charge >= 0.3 is 0 Å². The molecule has 4 rings (SSSR count). The van der Waals surface area contributed by atoms with Crippen LogP contribution in [0.4, 0.5) is 0 Å². The molecule has 0 amide bonds. The molecule has 0 saturated heterocycles. The topological polar surface area (TPSA) is 150 Å². The van der Waals surface area contributed by atoms with E-state index in [1.165, 1.54) is 7.11 Å². The fourth-order valence-electron chi connectivity index (χ4n) is 4.59. The highest BCUT2D eigenvalue weighted by molar-refractivity contribution is 5.91. The normalized spacial score (nSPS) is 23.6. The largest absolute Gasteiger partial charge is 0.507 e. The van der Waals surface area contributed by atoms with Crippen molar-refractivity contribution >= 4 is 11.0 Å². The third kappa shape index (κ3) is 5.02. The molecule has 5 N–H and O–H groups in total. The second-order valence-corrected chi connectivity index (χ2v) is 9.74. The molecule has 198 valence electrons. The van der Waals surface area contributed by atoms with Crippen molar-refractivity contribution in [1.82, 2.24) is 0 Å². The van der Waals surface area contributed by atoms with Crippen LogP contribution in [0.2, 0.25) is 0 Å². The number of aliphatic hydroxyl groups is 3. The van der Waals surface area contributed by atoms with Crippen LogP contribution in [0.5, 0.6) is 23.0 Å². The maximum Gasteiger partial charge on any atom is 0.239 e.